The van der Waals surface area contributed by atoms with E-state index >= 15 is 0 Å². The Morgan fingerprint density at radius 3 is 1.33 bits per heavy atom. The zero-order chi connectivity index (χ0) is 9.14. The van der Waals surface area contributed by atoms with Gasteiger partial charge in [-0.25, -0.2) is 0 Å². The van der Waals surface area contributed by atoms with E-state index in [0.29, 0.717) is 0 Å². The molecule has 4 nitrogen and oxygen atoms in total. The van der Waals surface area contributed by atoms with Crippen molar-refractivity contribution in [3.8, 4) is 0 Å². The number of hydrogen-bond acceptors (Lipinski definition) is 4. The molecule has 0 amide bonds. The smallest absolute Gasteiger partial charge is 0.0788 e. The molecule has 0 atom stereocenters. The third kappa shape index (κ3) is 1.80. The Morgan fingerprint density at radius 1 is 0.750 bits per heavy atom. The molecule has 4 heteroatoms. The molecule has 0 saturated carbocycles. The van der Waals surface area contributed by atoms with Gasteiger partial charge in [-0.1, -0.05) is 24.3 Å². The summed E-state index contributed by atoms with van der Waals surface area (Å²) in [4.78, 5) is 0. The molecule has 0 aliphatic carbocycles. The van der Waals surface area contributed by atoms with Crippen LogP contribution >= 0.6 is 0 Å². The lowest BCUT2D eigenvalue weighted by Crippen LogP contribution is -2.27. The van der Waals surface area contributed by atoms with Gasteiger partial charge in [-0.15, -0.1) is 0 Å². The average Bonchev–Trinajstić information content (AvgIpc) is 2.04. The second-order valence-corrected chi connectivity index (χ2v) is 2.68. The fourth-order valence-electron chi connectivity index (χ4n) is 1.12. The minimum Gasteiger partial charge on any atom is -0.312 e. The predicted octanol–water partition coefficient (Wildman–Crippen LogP) is -0.481. The van der Waals surface area contributed by atoms with Crippen molar-refractivity contribution in [2.24, 2.45) is 22.9 Å². The summed E-state index contributed by atoms with van der Waals surface area (Å²) in [7, 11) is 0. The van der Waals surface area contributed by atoms with Gasteiger partial charge in [0.05, 0.1) is 12.3 Å². The van der Waals surface area contributed by atoms with Gasteiger partial charge in [-0.05, 0) is 11.1 Å². The summed E-state index contributed by atoms with van der Waals surface area (Å²) in [5.41, 5.74) is 23.7. The van der Waals surface area contributed by atoms with Crippen LogP contribution in [0.3, 0.4) is 0 Å². The molecule has 0 spiro atoms. The van der Waals surface area contributed by atoms with Crippen LogP contribution < -0.4 is 22.9 Å². The SMILES string of the molecule is NC(N)c1ccccc1C(N)N. The number of nitrogens with two attached hydrogens (primary N) is 4. The van der Waals surface area contributed by atoms with Gasteiger partial charge < -0.3 is 22.9 Å². The molecule has 12 heavy (non-hydrogen) atoms. The van der Waals surface area contributed by atoms with Gasteiger partial charge in [0.25, 0.3) is 0 Å². The predicted molar refractivity (Wildman–Crippen MR) is 48.7 cm³/mol. The van der Waals surface area contributed by atoms with Crippen LogP contribution in [0.1, 0.15) is 23.5 Å². The Morgan fingerprint density at radius 2 is 1.08 bits per heavy atom. The number of rotatable bonds is 2. The Labute approximate surface area is 71.5 Å². The number of benzene rings is 1. The van der Waals surface area contributed by atoms with E-state index in [9.17, 15) is 0 Å². The van der Waals surface area contributed by atoms with Crippen molar-refractivity contribution >= 4 is 0 Å². The lowest BCUT2D eigenvalue weighted by molar-refractivity contribution is 0.707. The van der Waals surface area contributed by atoms with E-state index in [0.717, 1.165) is 11.1 Å². The summed E-state index contributed by atoms with van der Waals surface area (Å²) < 4.78 is 0. The van der Waals surface area contributed by atoms with Crippen molar-refractivity contribution in [1.29, 1.82) is 0 Å². The summed E-state index contributed by atoms with van der Waals surface area (Å²) in [5.74, 6) is 0. The fourth-order valence-corrected chi connectivity index (χ4v) is 1.12. The molecule has 0 unspecified atom stereocenters. The molecule has 0 aliphatic rings. The van der Waals surface area contributed by atoms with Crippen molar-refractivity contribution in [2.45, 2.75) is 12.3 Å². The second kappa shape index (κ2) is 3.64. The Hall–Kier alpha value is -0.940. The molecular weight excluding hydrogens is 152 g/mol. The van der Waals surface area contributed by atoms with E-state index in [4.69, 9.17) is 22.9 Å². The van der Waals surface area contributed by atoms with Crippen LogP contribution in [0, 0.1) is 0 Å². The molecule has 1 rings (SSSR count). The average molecular weight is 166 g/mol. The maximum Gasteiger partial charge on any atom is 0.0788 e. The van der Waals surface area contributed by atoms with Crippen molar-refractivity contribution in [3.63, 3.8) is 0 Å². The minimum absolute atomic E-state index is 0.518. The summed E-state index contributed by atoms with van der Waals surface area (Å²) >= 11 is 0. The van der Waals surface area contributed by atoms with E-state index in [2.05, 4.69) is 0 Å². The Bertz CT molecular complexity index is 230. The largest absolute Gasteiger partial charge is 0.312 e. The molecule has 0 radical (unpaired) electrons. The second-order valence-electron chi connectivity index (χ2n) is 2.68. The van der Waals surface area contributed by atoms with E-state index in [1.807, 2.05) is 24.3 Å². The molecule has 1 aromatic carbocycles. The van der Waals surface area contributed by atoms with Crippen LogP contribution in [-0.4, -0.2) is 0 Å². The van der Waals surface area contributed by atoms with Crippen molar-refractivity contribution in [3.05, 3.63) is 35.4 Å². The molecule has 1 aromatic rings. The molecule has 0 bridgehead atoms. The maximum absolute atomic E-state index is 5.52. The molecule has 0 heterocycles. The van der Waals surface area contributed by atoms with E-state index < -0.39 is 12.3 Å². The first-order valence-electron chi connectivity index (χ1n) is 3.74. The van der Waals surface area contributed by atoms with Crippen LogP contribution in [0.15, 0.2) is 24.3 Å². The number of hydrogen-bond donors (Lipinski definition) is 4. The van der Waals surface area contributed by atoms with Crippen molar-refractivity contribution in [2.75, 3.05) is 0 Å². The molecule has 66 valence electrons. The Kier molecular flexibility index (Phi) is 2.78. The highest BCUT2D eigenvalue weighted by Crippen LogP contribution is 2.15. The molecule has 0 aliphatic heterocycles. The van der Waals surface area contributed by atoms with Gasteiger partial charge in [0.2, 0.25) is 0 Å². The fraction of sp³-hybridized carbons (Fsp3) is 0.250. The van der Waals surface area contributed by atoms with Crippen LogP contribution in [0.4, 0.5) is 0 Å². The first-order valence-corrected chi connectivity index (χ1v) is 3.74. The molecule has 0 saturated heterocycles. The molecule has 0 fully saturated rings. The monoisotopic (exact) mass is 166 g/mol. The normalized spacial score (nSPS) is 11.2. The van der Waals surface area contributed by atoms with E-state index in [-0.39, 0.29) is 0 Å². The zero-order valence-corrected chi connectivity index (χ0v) is 6.77. The first-order chi connectivity index (χ1) is 5.63. The minimum atomic E-state index is -0.518. The first kappa shape index (κ1) is 9.15. The van der Waals surface area contributed by atoms with E-state index in [1.165, 1.54) is 0 Å². The third-order valence-electron chi connectivity index (χ3n) is 1.71. The van der Waals surface area contributed by atoms with Crippen molar-refractivity contribution < 1.29 is 0 Å². The van der Waals surface area contributed by atoms with Crippen molar-refractivity contribution in [1.82, 2.24) is 0 Å². The van der Waals surface area contributed by atoms with Crippen LogP contribution in [0.2, 0.25) is 0 Å². The summed E-state index contributed by atoms with van der Waals surface area (Å²) in [6.07, 6.45) is -1.04. The van der Waals surface area contributed by atoms with Gasteiger partial charge in [-0.3, -0.25) is 0 Å². The van der Waals surface area contributed by atoms with Gasteiger partial charge >= 0.3 is 0 Å². The highest BCUT2D eigenvalue weighted by molar-refractivity contribution is 5.31. The van der Waals surface area contributed by atoms with Gasteiger partial charge in [0, 0.05) is 0 Å². The van der Waals surface area contributed by atoms with Crippen LogP contribution in [-0.2, 0) is 0 Å². The van der Waals surface area contributed by atoms with Crippen LogP contribution in [0.5, 0.6) is 0 Å². The van der Waals surface area contributed by atoms with Crippen LogP contribution in [0.25, 0.3) is 0 Å². The summed E-state index contributed by atoms with van der Waals surface area (Å²) in [6, 6.07) is 7.36. The topological polar surface area (TPSA) is 104 Å². The quantitative estimate of drug-likeness (QED) is 0.445. The Balaban J connectivity index is 3.09. The third-order valence-corrected chi connectivity index (χ3v) is 1.71. The van der Waals surface area contributed by atoms with Gasteiger partial charge in [0.15, 0.2) is 0 Å². The van der Waals surface area contributed by atoms with Gasteiger partial charge in [-0.2, -0.15) is 0 Å². The zero-order valence-electron chi connectivity index (χ0n) is 6.77. The van der Waals surface area contributed by atoms with Gasteiger partial charge in [0.1, 0.15) is 0 Å². The summed E-state index contributed by atoms with van der Waals surface area (Å²) in [5, 5.41) is 0. The molecule has 0 aromatic heterocycles. The summed E-state index contributed by atoms with van der Waals surface area (Å²) in [6.45, 7) is 0. The standard InChI is InChI=1S/C8H14N4/c9-7(10)5-3-1-2-4-6(5)8(11)12/h1-4,7-8H,9-12H2. The lowest BCUT2D eigenvalue weighted by atomic mass is 10.0. The molecule has 8 N–H and O–H groups in total. The van der Waals surface area contributed by atoms with E-state index in [1.54, 1.807) is 0 Å². The lowest BCUT2D eigenvalue weighted by Gasteiger charge is -2.14. The molecular formula is C8H14N4. The maximum atomic E-state index is 5.52. The highest BCUT2D eigenvalue weighted by atomic mass is 14.9. The highest BCUT2D eigenvalue weighted by Gasteiger charge is 2.08.